The SMILES string of the molecule is CN(Cc1ccccc1Br)c1ncc(N)cc1Br. The van der Waals surface area contributed by atoms with Gasteiger partial charge in [-0.25, -0.2) is 4.98 Å². The molecule has 0 aliphatic carbocycles. The largest absolute Gasteiger partial charge is 0.397 e. The van der Waals surface area contributed by atoms with Crippen LogP contribution in [0.5, 0.6) is 0 Å². The Morgan fingerprint density at radius 2 is 1.94 bits per heavy atom. The van der Waals surface area contributed by atoms with E-state index in [2.05, 4.69) is 47.8 Å². The lowest BCUT2D eigenvalue weighted by Gasteiger charge is -2.20. The van der Waals surface area contributed by atoms with E-state index in [9.17, 15) is 0 Å². The van der Waals surface area contributed by atoms with E-state index in [0.29, 0.717) is 5.69 Å². The number of hydrogen-bond acceptors (Lipinski definition) is 3. The van der Waals surface area contributed by atoms with E-state index in [4.69, 9.17) is 5.73 Å². The Bertz CT molecular complexity index is 558. The Balaban J connectivity index is 2.22. The summed E-state index contributed by atoms with van der Waals surface area (Å²) in [7, 11) is 2.00. The Morgan fingerprint density at radius 1 is 1.22 bits per heavy atom. The fourth-order valence-electron chi connectivity index (χ4n) is 1.68. The molecule has 0 aliphatic heterocycles. The summed E-state index contributed by atoms with van der Waals surface area (Å²) in [6.07, 6.45) is 1.66. The minimum absolute atomic E-state index is 0.653. The molecule has 18 heavy (non-hydrogen) atoms. The van der Waals surface area contributed by atoms with Crippen LogP contribution in [0.2, 0.25) is 0 Å². The Labute approximate surface area is 123 Å². The average Bonchev–Trinajstić information content (AvgIpc) is 2.32. The lowest BCUT2D eigenvalue weighted by atomic mass is 10.2. The van der Waals surface area contributed by atoms with Gasteiger partial charge < -0.3 is 10.6 Å². The summed E-state index contributed by atoms with van der Waals surface area (Å²) >= 11 is 7.03. The van der Waals surface area contributed by atoms with Crippen LogP contribution in [0.15, 0.2) is 45.5 Å². The third-order valence-electron chi connectivity index (χ3n) is 2.57. The van der Waals surface area contributed by atoms with Crippen molar-refractivity contribution < 1.29 is 0 Å². The number of halogens is 2. The van der Waals surface area contributed by atoms with E-state index >= 15 is 0 Å². The van der Waals surface area contributed by atoms with Crippen molar-refractivity contribution in [1.29, 1.82) is 0 Å². The number of anilines is 2. The molecule has 0 fully saturated rings. The average molecular weight is 371 g/mol. The Kier molecular flexibility index (Phi) is 4.24. The molecular formula is C13H13Br2N3. The number of nitrogens with two attached hydrogens (primary N) is 1. The van der Waals surface area contributed by atoms with E-state index in [-0.39, 0.29) is 0 Å². The fraction of sp³-hybridized carbons (Fsp3) is 0.154. The maximum absolute atomic E-state index is 5.69. The zero-order valence-corrected chi connectivity index (χ0v) is 13.1. The van der Waals surface area contributed by atoms with Gasteiger partial charge >= 0.3 is 0 Å². The van der Waals surface area contributed by atoms with E-state index in [1.54, 1.807) is 6.20 Å². The molecule has 1 aromatic carbocycles. The summed E-state index contributed by atoms with van der Waals surface area (Å²) in [6, 6.07) is 10.0. The fourth-order valence-corrected chi connectivity index (χ4v) is 2.76. The summed E-state index contributed by atoms with van der Waals surface area (Å²) in [5, 5.41) is 0. The second-order valence-corrected chi connectivity index (χ2v) is 5.73. The normalized spacial score (nSPS) is 10.4. The molecule has 0 amide bonds. The third kappa shape index (κ3) is 3.03. The van der Waals surface area contributed by atoms with Crippen molar-refractivity contribution in [2.75, 3.05) is 17.7 Å². The first kappa shape index (κ1) is 13.4. The van der Waals surface area contributed by atoms with Gasteiger partial charge in [0, 0.05) is 18.1 Å². The van der Waals surface area contributed by atoms with Crippen LogP contribution < -0.4 is 10.6 Å². The standard InChI is InChI=1S/C13H13Br2N3/c1-18(8-9-4-2-3-5-11(9)14)13-12(15)6-10(16)7-17-13/h2-7H,8,16H2,1H3. The van der Waals surface area contributed by atoms with Gasteiger partial charge in [-0.2, -0.15) is 0 Å². The molecular weight excluding hydrogens is 358 g/mol. The van der Waals surface area contributed by atoms with Crippen LogP contribution in [0.4, 0.5) is 11.5 Å². The highest BCUT2D eigenvalue weighted by atomic mass is 79.9. The van der Waals surface area contributed by atoms with Gasteiger partial charge in [0.2, 0.25) is 0 Å². The Hall–Kier alpha value is -1.07. The first-order chi connectivity index (χ1) is 8.58. The minimum Gasteiger partial charge on any atom is -0.397 e. The number of nitrogen functional groups attached to an aromatic ring is 1. The summed E-state index contributed by atoms with van der Waals surface area (Å²) in [6.45, 7) is 0.775. The van der Waals surface area contributed by atoms with E-state index in [0.717, 1.165) is 21.3 Å². The number of rotatable bonds is 3. The van der Waals surface area contributed by atoms with Crippen LogP contribution >= 0.6 is 31.9 Å². The predicted octanol–water partition coefficient (Wildman–Crippen LogP) is 3.83. The van der Waals surface area contributed by atoms with Gasteiger partial charge in [-0.3, -0.25) is 0 Å². The molecule has 2 N–H and O–H groups in total. The highest BCUT2D eigenvalue weighted by Crippen LogP contribution is 2.27. The monoisotopic (exact) mass is 369 g/mol. The summed E-state index contributed by atoms with van der Waals surface area (Å²) in [5.41, 5.74) is 7.55. The maximum Gasteiger partial charge on any atom is 0.143 e. The van der Waals surface area contributed by atoms with Gasteiger partial charge in [-0.15, -0.1) is 0 Å². The lowest BCUT2D eigenvalue weighted by Crippen LogP contribution is -2.18. The number of nitrogens with zero attached hydrogens (tertiary/aromatic N) is 2. The van der Waals surface area contributed by atoms with E-state index in [1.807, 2.05) is 31.3 Å². The highest BCUT2D eigenvalue weighted by molar-refractivity contribution is 9.10. The number of benzene rings is 1. The van der Waals surface area contributed by atoms with Gasteiger partial charge in [-0.1, -0.05) is 34.1 Å². The summed E-state index contributed by atoms with van der Waals surface area (Å²) in [5.74, 6) is 0.875. The predicted molar refractivity (Wildman–Crippen MR) is 82.6 cm³/mol. The molecule has 0 spiro atoms. The van der Waals surface area contributed by atoms with Crippen LogP contribution in [-0.4, -0.2) is 12.0 Å². The van der Waals surface area contributed by atoms with Gasteiger partial charge in [0.15, 0.2) is 0 Å². The second-order valence-electron chi connectivity index (χ2n) is 4.02. The molecule has 1 heterocycles. The van der Waals surface area contributed by atoms with Crippen LogP contribution in [0.25, 0.3) is 0 Å². The van der Waals surface area contributed by atoms with Crippen molar-refractivity contribution in [1.82, 2.24) is 4.98 Å². The molecule has 0 aliphatic rings. The van der Waals surface area contributed by atoms with Gasteiger partial charge in [0.05, 0.1) is 16.4 Å². The molecule has 5 heteroatoms. The minimum atomic E-state index is 0.653. The molecule has 1 aromatic heterocycles. The van der Waals surface area contributed by atoms with Gasteiger partial charge in [-0.05, 0) is 33.6 Å². The first-order valence-electron chi connectivity index (χ1n) is 5.43. The van der Waals surface area contributed by atoms with Gasteiger partial charge in [0.1, 0.15) is 5.82 Å². The van der Waals surface area contributed by atoms with Crippen molar-refractivity contribution in [3.63, 3.8) is 0 Å². The van der Waals surface area contributed by atoms with Gasteiger partial charge in [0.25, 0.3) is 0 Å². The maximum atomic E-state index is 5.69. The van der Waals surface area contributed by atoms with Crippen molar-refractivity contribution in [2.45, 2.75) is 6.54 Å². The molecule has 0 saturated carbocycles. The van der Waals surface area contributed by atoms with Crippen LogP contribution in [-0.2, 0) is 6.54 Å². The molecule has 0 bridgehead atoms. The molecule has 0 saturated heterocycles. The highest BCUT2D eigenvalue weighted by Gasteiger charge is 2.09. The number of pyridine rings is 1. The van der Waals surface area contributed by atoms with E-state index in [1.165, 1.54) is 5.56 Å². The smallest absolute Gasteiger partial charge is 0.143 e. The van der Waals surface area contributed by atoms with Crippen LogP contribution in [0.3, 0.4) is 0 Å². The summed E-state index contributed by atoms with van der Waals surface area (Å²) in [4.78, 5) is 6.42. The first-order valence-corrected chi connectivity index (χ1v) is 7.02. The molecule has 0 radical (unpaired) electrons. The van der Waals surface area contributed by atoms with Crippen molar-refractivity contribution in [3.8, 4) is 0 Å². The quantitative estimate of drug-likeness (QED) is 0.892. The van der Waals surface area contributed by atoms with Crippen molar-refractivity contribution in [2.24, 2.45) is 0 Å². The molecule has 94 valence electrons. The van der Waals surface area contributed by atoms with Crippen LogP contribution in [0.1, 0.15) is 5.56 Å². The number of hydrogen-bond donors (Lipinski definition) is 1. The molecule has 0 unspecified atom stereocenters. The molecule has 3 nitrogen and oxygen atoms in total. The molecule has 2 aromatic rings. The molecule has 2 rings (SSSR count). The van der Waals surface area contributed by atoms with Crippen molar-refractivity contribution in [3.05, 3.63) is 51.0 Å². The van der Waals surface area contributed by atoms with Crippen LogP contribution in [0, 0.1) is 0 Å². The third-order valence-corrected chi connectivity index (χ3v) is 3.93. The zero-order chi connectivity index (χ0) is 13.1. The van der Waals surface area contributed by atoms with Crippen molar-refractivity contribution >= 4 is 43.4 Å². The van der Waals surface area contributed by atoms with E-state index < -0.39 is 0 Å². The summed E-state index contributed by atoms with van der Waals surface area (Å²) < 4.78 is 2.00. The topological polar surface area (TPSA) is 42.2 Å². The number of aromatic nitrogens is 1. The lowest BCUT2D eigenvalue weighted by molar-refractivity contribution is 0.891. The Morgan fingerprint density at radius 3 is 2.61 bits per heavy atom. The second kappa shape index (κ2) is 5.71. The zero-order valence-electron chi connectivity index (χ0n) is 9.90. The molecule has 0 atom stereocenters.